The molecule has 1 atom stereocenters. The molecule has 3 rings (SSSR count). The third-order valence-corrected chi connectivity index (χ3v) is 4.69. The summed E-state index contributed by atoms with van der Waals surface area (Å²) in [4.78, 5) is 24.3. The van der Waals surface area contributed by atoms with E-state index in [1.807, 2.05) is 6.92 Å². The molecule has 0 spiro atoms. The van der Waals surface area contributed by atoms with Gasteiger partial charge in [-0.3, -0.25) is 9.59 Å². The molecule has 0 aliphatic heterocycles. The Kier molecular flexibility index (Phi) is 7.10. The third-order valence-electron chi connectivity index (χ3n) is 4.45. The topological polar surface area (TPSA) is 92.9 Å². The molecule has 1 aromatic heterocycles. The van der Waals surface area contributed by atoms with E-state index >= 15 is 0 Å². The van der Waals surface area contributed by atoms with Gasteiger partial charge in [0.1, 0.15) is 5.75 Å². The molecule has 0 saturated heterocycles. The van der Waals surface area contributed by atoms with Gasteiger partial charge in [0.2, 0.25) is 0 Å². The van der Waals surface area contributed by atoms with Crippen molar-refractivity contribution in [1.29, 1.82) is 0 Å². The van der Waals surface area contributed by atoms with Crippen molar-refractivity contribution in [2.24, 2.45) is 5.10 Å². The number of carbonyl (C=O) groups excluding carboxylic acids is 2. The molecule has 0 unspecified atom stereocenters. The van der Waals surface area contributed by atoms with Gasteiger partial charge in [-0.1, -0.05) is 23.7 Å². The molecular formula is C23H22ClN3O4. The first-order valence-electron chi connectivity index (χ1n) is 9.55. The second-order valence-electron chi connectivity index (χ2n) is 6.85. The molecule has 2 aromatic carbocycles. The van der Waals surface area contributed by atoms with Crippen LogP contribution in [0.15, 0.2) is 70.4 Å². The fourth-order valence-electron chi connectivity index (χ4n) is 2.69. The van der Waals surface area contributed by atoms with E-state index in [4.69, 9.17) is 20.8 Å². The molecular weight excluding hydrogens is 418 g/mol. The fraction of sp³-hybridized carbons (Fsp3) is 0.174. The number of amides is 2. The van der Waals surface area contributed by atoms with E-state index in [0.717, 1.165) is 11.1 Å². The minimum Gasteiger partial charge on any atom is -0.481 e. The summed E-state index contributed by atoms with van der Waals surface area (Å²) in [7, 11) is 0. The predicted molar refractivity (Wildman–Crippen MR) is 120 cm³/mol. The van der Waals surface area contributed by atoms with Crippen molar-refractivity contribution in [1.82, 2.24) is 5.43 Å². The maximum atomic E-state index is 12.5. The Balaban J connectivity index is 1.57. The highest BCUT2D eigenvalue weighted by atomic mass is 35.5. The number of nitrogens with zero attached hydrogens (tertiary/aromatic N) is 1. The number of hydrogen-bond acceptors (Lipinski definition) is 5. The molecule has 3 aromatic rings. The van der Waals surface area contributed by atoms with Gasteiger partial charge in [-0.25, -0.2) is 5.43 Å². The molecule has 0 fully saturated rings. The maximum Gasteiger partial charge on any atom is 0.307 e. The highest BCUT2D eigenvalue weighted by Gasteiger charge is 2.16. The number of hydrogen-bond donors (Lipinski definition) is 2. The van der Waals surface area contributed by atoms with Crippen molar-refractivity contribution < 1.29 is 18.7 Å². The molecule has 8 heteroatoms. The fourth-order valence-corrected chi connectivity index (χ4v) is 2.92. The lowest BCUT2D eigenvalue weighted by molar-refractivity contribution is -0.122. The van der Waals surface area contributed by atoms with Gasteiger partial charge in [0.15, 0.2) is 11.9 Å². The average Bonchev–Trinajstić information content (AvgIpc) is 3.29. The van der Waals surface area contributed by atoms with Gasteiger partial charge in [0, 0.05) is 10.7 Å². The summed E-state index contributed by atoms with van der Waals surface area (Å²) < 4.78 is 10.8. The second kappa shape index (κ2) is 9.95. The van der Waals surface area contributed by atoms with E-state index in [-0.39, 0.29) is 11.7 Å². The zero-order chi connectivity index (χ0) is 22.4. The Morgan fingerprint density at radius 3 is 2.52 bits per heavy atom. The van der Waals surface area contributed by atoms with E-state index in [1.54, 1.807) is 68.4 Å². The van der Waals surface area contributed by atoms with E-state index in [2.05, 4.69) is 15.8 Å². The molecule has 0 radical (unpaired) electrons. The molecule has 31 heavy (non-hydrogen) atoms. The molecule has 0 aliphatic carbocycles. The van der Waals surface area contributed by atoms with Gasteiger partial charge < -0.3 is 14.5 Å². The molecule has 160 valence electrons. The highest BCUT2D eigenvalue weighted by Crippen LogP contribution is 2.23. The largest absolute Gasteiger partial charge is 0.481 e. The van der Waals surface area contributed by atoms with Crippen molar-refractivity contribution in [3.05, 3.63) is 82.8 Å². The number of halogens is 1. The summed E-state index contributed by atoms with van der Waals surface area (Å²) in [5.41, 5.74) is 5.30. The predicted octanol–water partition coefficient (Wildman–Crippen LogP) is 4.80. The minimum atomic E-state index is -0.695. The molecule has 2 amide bonds. The van der Waals surface area contributed by atoms with Gasteiger partial charge in [-0.05, 0) is 74.4 Å². The molecule has 2 N–H and O–H groups in total. The monoisotopic (exact) mass is 439 g/mol. The first kappa shape index (κ1) is 22.1. The van der Waals surface area contributed by atoms with E-state index in [0.29, 0.717) is 22.2 Å². The van der Waals surface area contributed by atoms with Crippen LogP contribution in [0.2, 0.25) is 5.02 Å². The van der Waals surface area contributed by atoms with Crippen molar-refractivity contribution >= 4 is 34.8 Å². The first-order valence-corrected chi connectivity index (χ1v) is 9.93. The van der Waals surface area contributed by atoms with Crippen LogP contribution in [0.4, 0.5) is 5.69 Å². The highest BCUT2D eigenvalue weighted by molar-refractivity contribution is 6.30. The van der Waals surface area contributed by atoms with Crippen LogP contribution >= 0.6 is 11.6 Å². The number of anilines is 1. The zero-order valence-corrected chi connectivity index (χ0v) is 18.1. The summed E-state index contributed by atoms with van der Waals surface area (Å²) >= 11 is 5.95. The first-order chi connectivity index (χ1) is 14.8. The Morgan fingerprint density at radius 1 is 1.13 bits per heavy atom. The summed E-state index contributed by atoms with van der Waals surface area (Å²) in [6.07, 6.45) is 0.723. The lowest BCUT2D eigenvalue weighted by atomic mass is 10.1. The number of carbonyl (C=O) groups is 2. The number of rotatable bonds is 7. The van der Waals surface area contributed by atoms with Crippen LogP contribution in [-0.4, -0.2) is 23.6 Å². The maximum absolute atomic E-state index is 12.5. The van der Waals surface area contributed by atoms with Crippen molar-refractivity contribution in [2.45, 2.75) is 26.9 Å². The smallest absolute Gasteiger partial charge is 0.307 e. The third kappa shape index (κ3) is 5.96. The molecule has 1 heterocycles. The molecule has 0 bridgehead atoms. The SMILES string of the molecule is C/C(=N\NC(=O)c1ccco1)c1ccc(NC(=O)[C@@H](C)Oc2ccc(Cl)cc2C)cc1. The van der Waals surface area contributed by atoms with Gasteiger partial charge in [0.25, 0.3) is 5.91 Å². The number of benzene rings is 2. The summed E-state index contributed by atoms with van der Waals surface area (Å²) in [6, 6.07) is 15.5. The van der Waals surface area contributed by atoms with Crippen molar-refractivity contribution in [3.8, 4) is 5.75 Å². The average molecular weight is 440 g/mol. The van der Waals surface area contributed by atoms with Crippen molar-refractivity contribution in [2.75, 3.05) is 5.32 Å². The molecule has 0 saturated carbocycles. The quantitative estimate of drug-likeness (QED) is 0.408. The van der Waals surface area contributed by atoms with Crippen LogP contribution < -0.4 is 15.5 Å². The van der Waals surface area contributed by atoms with Gasteiger partial charge in [-0.2, -0.15) is 5.10 Å². The van der Waals surface area contributed by atoms with E-state index in [1.165, 1.54) is 6.26 Å². The summed E-state index contributed by atoms with van der Waals surface area (Å²) in [5.74, 6) is 0.0712. The summed E-state index contributed by atoms with van der Waals surface area (Å²) in [5, 5.41) is 7.50. The normalized spacial score (nSPS) is 12.2. The number of ether oxygens (including phenoxy) is 1. The van der Waals surface area contributed by atoms with Crippen molar-refractivity contribution in [3.63, 3.8) is 0 Å². The van der Waals surface area contributed by atoms with Gasteiger partial charge >= 0.3 is 5.91 Å². The molecule has 0 aliphatic rings. The Hall–Kier alpha value is -3.58. The van der Waals surface area contributed by atoms with Crippen LogP contribution in [0.3, 0.4) is 0 Å². The Bertz CT molecular complexity index is 1090. The Labute approximate surface area is 185 Å². The number of furan rings is 1. The minimum absolute atomic E-state index is 0.180. The van der Waals surface area contributed by atoms with Crippen LogP contribution in [0.5, 0.6) is 5.75 Å². The summed E-state index contributed by atoms with van der Waals surface area (Å²) in [6.45, 7) is 5.31. The van der Waals surface area contributed by atoms with Crippen LogP contribution in [-0.2, 0) is 4.79 Å². The number of hydrazone groups is 1. The van der Waals surface area contributed by atoms with Gasteiger partial charge in [0.05, 0.1) is 12.0 Å². The van der Waals surface area contributed by atoms with Crippen LogP contribution in [0.1, 0.15) is 35.5 Å². The van der Waals surface area contributed by atoms with Crippen LogP contribution in [0.25, 0.3) is 0 Å². The van der Waals surface area contributed by atoms with Crippen LogP contribution in [0, 0.1) is 6.92 Å². The zero-order valence-electron chi connectivity index (χ0n) is 17.3. The van der Waals surface area contributed by atoms with E-state index in [9.17, 15) is 9.59 Å². The Morgan fingerprint density at radius 2 is 1.87 bits per heavy atom. The second-order valence-corrected chi connectivity index (χ2v) is 7.29. The van der Waals surface area contributed by atoms with E-state index < -0.39 is 12.0 Å². The molecule has 7 nitrogen and oxygen atoms in total. The number of aryl methyl sites for hydroxylation is 1. The standard InChI is InChI=1S/C23H22ClN3O4/c1-14-13-18(24)8-11-20(14)31-16(3)22(28)25-19-9-6-17(7-10-19)15(2)26-27-23(29)21-5-4-12-30-21/h4-13,16H,1-3H3,(H,25,28)(H,27,29)/b26-15+/t16-/m1/s1. The lowest BCUT2D eigenvalue weighted by Gasteiger charge is -2.16. The lowest BCUT2D eigenvalue weighted by Crippen LogP contribution is -2.30. The number of nitrogens with one attached hydrogen (secondary N) is 2. The van der Waals surface area contributed by atoms with Gasteiger partial charge in [-0.15, -0.1) is 0 Å².